The highest BCUT2D eigenvalue weighted by Gasteiger charge is 2.23. The fourth-order valence-electron chi connectivity index (χ4n) is 2.90. The molecule has 1 N–H and O–H groups in total. The molecule has 0 bridgehead atoms. The third-order valence-electron chi connectivity index (χ3n) is 4.20. The van der Waals surface area contributed by atoms with E-state index in [9.17, 15) is 9.59 Å². The van der Waals surface area contributed by atoms with Crippen molar-refractivity contribution in [1.29, 1.82) is 0 Å². The van der Waals surface area contributed by atoms with Crippen LogP contribution in [-0.4, -0.2) is 34.6 Å². The lowest BCUT2D eigenvalue weighted by Crippen LogP contribution is -2.33. The summed E-state index contributed by atoms with van der Waals surface area (Å²) in [5.41, 5.74) is 3.04. The van der Waals surface area contributed by atoms with Gasteiger partial charge < -0.3 is 9.88 Å². The van der Waals surface area contributed by atoms with E-state index in [2.05, 4.69) is 36.2 Å². The van der Waals surface area contributed by atoms with E-state index >= 15 is 0 Å². The average molecular weight is 328 g/mol. The smallest absolute Gasteiger partial charge is 0.255 e. The first kappa shape index (κ1) is 15.9. The Bertz CT molecular complexity index is 736. The molecule has 0 aliphatic carbocycles. The van der Waals surface area contributed by atoms with Crippen molar-refractivity contribution in [1.82, 2.24) is 9.88 Å². The highest BCUT2D eigenvalue weighted by molar-refractivity contribution is 7.99. The van der Waals surface area contributed by atoms with Crippen molar-refractivity contribution >= 4 is 17.7 Å². The van der Waals surface area contributed by atoms with Crippen LogP contribution in [0.15, 0.2) is 47.4 Å². The Kier molecular flexibility index (Phi) is 4.86. The highest BCUT2D eigenvalue weighted by atomic mass is 32.2. The van der Waals surface area contributed by atoms with Crippen LogP contribution in [0.2, 0.25) is 0 Å². The summed E-state index contributed by atoms with van der Waals surface area (Å²) in [5.74, 6) is 0.918. The van der Waals surface area contributed by atoms with Crippen molar-refractivity contribution in [2.24, 2.45) is 0 Å². The van der Waals surface area contributed by atoms with Crippen molar-refractivity contribution in [2.75, 3.05) is 18.8 Å². The van der Waals surface area contributed by atoms with E-state index in [-0.39, 0.29) is 11.5 Å². The maximum Gasteiger partial charge on any atom is 0.255 e. The van der Waals surface area contributed by atoms with Gasteiger partial charge in [0, 0.05) is 36.4 Å². The molecule has 1 aromatic heterocycles. The number of aromatic amines is 1. The number of amides is 1. The minimum absolute atomic E-state index is 0.00714. The monoisotopic (exact) mass is 328 g/mol. The second kappa shape index (κ2) is 7.04. The van der Waals surface area contributed by atoms with Crippen molar-refractivity contribution < 1.29 is 4.79 Å². The molecular formula is C18H20N2O2S. The largest absolute Gasteiger partial charge is 0.338 e. The fraction of sp³-hybridized carbons (Fsp3) is 0.333. The summed E-state index contributed by atoms with van der Waals surface area (Å²) in [5, 5.41) is 0.435. The third-order valence-corrected chi connectivity index (χ3v) is 5.51. The van der Waals surface area contributed by atoms with Crippen LogP contribution in [-0.2, 0) is 0 Å². The predicted octanol–water partition coefficient (Wildman–Crippen LogP) is 3.00. The minimum Gasteiger partial charge on any atom is -0.338 e. The zero-order valence-electron chi connectivity index (χ0n) is 13.1. The Labute approximate surface area is 139 Å². The second-order valence-electron chi connectivity index (χ2n) is 5.74. The Morgan fingerprint density at radius 1 is 1.22 bits per heavy atom. The Morgan fingerprint density at radius 2 is 2.04 bits per heavy atom. The molecule has 0 radical (unpaired) electrons. The van der Waals surface area contributed by atoms with Gasteiger partial charge in [-0.2, -0.15) is 11.8 Å². The van der Waals surface area contributed by atoms with Gasteiger partial charge in [0.2, 0.25) is 5.56 Å². The molecule has 3 rings (SSSR count). The lowest BCUT2D eigenvalue weighted by molar-refractivity contribution is 0.0766. The van der Waals surface area contributed by atoms with Gasteiger partial charge in [0.25, 0.3) is 5.91 Å². The zero-order valence-corrected chi connectivity index (χ0v) is 13.9. The van der Waals surface area contributed by atoms with E-state index in [0.717, 1.165) is 25.3 Å². The Morgan fingerprint density at radius 3 is 2.78 bits per heavy atom. The van der Waals surface area contributed by atoms with Gasteiger partial charge >= 0.3 is 0 Å². The number of thioether (sulfide) groups is 1. The van der Waals surface area contributed by atoms with Gasteiger partial charge in [-0.1, -0.05) is 24.3 Å². The molecule has 0 saturated carbocycles. The van der Waals surface area contributed by atoms with E-state index in [1.54, 1.807) is 6.07 Å². The number of rotatable bonds is 2. The summed E-state index contributed by atoms with van der Waals surface area (Å²) in [4.78, 5) is 28.1. The summed E-state index contributed by atoms with van der Waals surface area (Å²) in [6.07, 6.45) is 2.45. The normalized spacial score (nSPS) is 18.5. The fourth-order valence-corrected chi connectivity index (χ4v) is 4.22. The van der Waals surface area contributed by atoms with Crippen LogP contribution in [0.5, 0.6) is 0 Å². The van der Waals surface area contributed by atoms with E-state index in [0.29, 0.717) is 10.8 Å². The highest BCUT2D eigenvalue weighted by Crippen LogP contribution is 2.36. The van der Waals surface area contributed by atoms with Gasteiger partial charge in [0.1, 0.15) is 0 Å². The number of hydrogen-bond donors (Lipinski definition) is 1. The van der Waals surface area contributed by atoms with Crippen LogP contribution in [0.1, 0.15) is 33.2 Å². The maximum absolute atomic E-state index is 12.6. The van der Waals surface area contributed by atoms with Gasteiger partial charge in [-0.3, -0.25) is 9.59 Å². The van der Waals surface area contributed by atoms with Crippen LogP contribution < -0.4 is 5.56 Å². The summed E-state index contributed by atoms with van der Waals surface area (Å²) >= 11 is 1.92. The van der Waals surface area contributed by atoms with Crippen LogP contribution in [0.4, 0.5) is 0 Å². The lowest BCUT2D eigenvalue weighted by atomic mass is 10.0. The van der Waals surface area contributed by atoms with Crippen LogP contribution in [0.25, 0.3) is 0 Å². The van der Waals surface area contributed by atoms with Gasteiger partial charge in [-0.25, -0.2) is 0 Å². The number of aromatic nitrogens is 1. The predicted molar refractivity (Wildman–Crippen MR) is 94.0 cm³/mol. The molecule has 2 heterocycles. The molecule has 1 saturated heterocycles. The number of benzene rings is 1. The SMILES string of the molecule is Cc1ccccc1C1CCN(C(=O)c2ccc(=O)[nH]c2)CCS1. The molecule has 1 fully saturated rings. The zero-order chi connectivity index (χ0) is 16.2. The molecule has 23 heavy (non-hydrogen) atoms. The second-order valence-corrected chi connectivity index (χ2v) is 7.05. The van der Waals surface area contributed by atoms with E-state index < -0.39 is 0 Å². The van der Waals surface area contributed by atoms with Gasteiger partial charge in [-0.15, -0.1) is 0 Å². The minimum atomic E-state index is -0.187. The van der Waals surface area contributed by atoms with Gasteiger partial charge in [-0.05, 0) is 30.5 Å². The first-order chi connectivity index (χ1) is 11.1. The quantitative estimate of drug-likeness (QED) is 0.922. The Balaban J connectivity index is 1.71. The number of carbonyl (C=O) groups excluding carboxylic acids is 1. The molecule has 5 heteroatoms. The van der Waals surface area contributed by atoms with Gasteiger partial charge in [0.05, 0.1) is 5.56 Å². The molecule has 1 unspecified atom stereocenters. The molecule has 1 aromatic carbocycles. The summed E-state index contributed by atoms with van der Waals surface area (Å²) < 4.78 is 0. The molecule has 1 atom stereocenters. The standard InChI is InChI=1S/C18H20N2O2S/c1-13-4-2-3-5-15(13)16-8-9-20(10-11-23-16)18(22)14-6-7-17(21)19-12-14/h2-7,12,16H,8-11H2,1H3,(H,19,21). The van der Waals surface area contributed by atoms with Crippen molar-refractivity contribution in [3.8, 4) is 0 Å². The number of H-pyrrole nitrogens is 1. The van der Waals surface area contributed by atoms with Crippen LogP contribution in [0.3, 0.4) is 0 Å². The first-order valence-electron chi connectivity index (χ1n) is 7.80. The lowest BCUT2D eigenvalue weighted by Gasteiger charge is -2.20. The molecule has 2 aromatic rings. The molecular weight excluding hydrogens is 308 g/mol. The Hall–Kier alpha value is -2.01. The number of pyridine rings is 1. The summed E-state index contributed by atoms with van der Waals surface area (Å²) in [6, 6.07) is 11.5. The number of nitrogens with one attached hydrogen (secondary N) is 1. The average Bonchev–Trinajstić information content (AvgIpc) is 2.81. The molecule has 1 amide bonds. The van der Waals surface area contributed by atoms with E-state index in [1.807, 2.05) is 16.7 Å². The summed E-state index contributed by atoms with van der Waals surface area (Å²) in [7, 11) is 0. The third kappa shape index (κ3) is 3.67. The van der Waals surface area contributed by atoms with Crippen molar-refractivity contribution in [2.45, 2.75) is 18.6 Å². The topological polar surface area (TPSA) is 53.2 Å². The molecule has 0 spiro atoms. The number of carbonyl (C=O) groups is 1. The van der Waals surface area contributed by atoms with E-state index in [1.165, 1.54) is 23.4 Å². The summed E-state index contributed by atoms with van der Waals surface area (Å²) in [6.45, 7) is 3.62. The maximum atomic E-state index is 12.6. The van der Waals surface area contributed by atoms with E-state index in [4.69, 9.17) is 0 Å². The number of hydrogen-bond acceptors (Lipinski definition) is 3. The first-order valence-corrected chi connectivity index (χ1v) is 8.85. The number of aryl methyl sites for hydroxylation is 1. The van der Waals surface area contributed by atoms with Crippen LogP contribution in [0, 0.1) is 6.92 Å². The molecule has 120 valence electrons. The van der Waals surface area contributed by atoms with Crippen molar-refractivity contribution in [3.05, 3.63) is 69.6 Å². The van der Waals surface area contributed by atoms with Gasteiger partial charge in [0.15, 0.2) is 0 Å². The molecule has 4 nitrogen and oxygen atoms in total. The van der Waals surface area contributed by atoms with Crippen LogP contribution >= 0.6 is 11.8 Å². The molecule has 1 aliphatic rings. The molecule has 1 aliphatic heterocycles. The van der Waals surface area contributed by atoms with Crippen molar-refractivity contribution in [3.63, 3.8) is 0 Å². The number of nitrogens with zero attached hydrogens (tertiary/aromatic N) is 1.